The Morgan fingerprint density at radius 1 is 1.25 bits per heavy atom. The second kappa shape index (κ2) is 5.35. The first-order chi connectivity index (χ1) is 9.49. The van der Waals surface area contributed by atoms with Crippen molar-refractivity contribution < 1.29 is 14.1 Å². The highest BCUT2D eigenvalue weighted by Gasteiger charge is 2.15. The summed E-state index contributed by atoms with van der Waals surface area (Å²) in [5, 5.41) is 12.9. The Balaban J connectivity index is 2.23. The highest BCUT2D eigenvalue weighted by atomic mass is 19.1. The van der Waals surface area contributed by atoms with E-state index in [-0.39, 0.29) is 16.9 Å². The molecule has 1 amide bonds. The molecular formula is C13H10FN3O3. The minimum atomic E-state index is -1.02. The molecule has 0 saturated heterocycles. The number of nitrogens with two attached hydrogens (primary N) is 1. The van der Waals surface area contributed by atoms with Gasteiger partial charge in [0.2, 0.25) is 5.82 Å². The summed E-state index contributed by atoms with van der Waals surface area (Å²) in [5.41, 5.74) is 5.63. The minimum Gasteiger partial charge on any atom is -0.398 e. The first-order valence-corrected chi connectivity index (χ1v) is 5.59. The zero-order chi connectivity index (χ0) is 14.7. The van der Waals surface area contributed by atoms with Crippen molar-refractivity contribution in [1.29, 1.82) is 0 Å². The molecule has 6 nitrogen and oxygen atoms in total. The maximum atomic E-state index is 13.4. The van der Waals surface area contributed by atoms with Crippen LogP contribution in [0.15, 0.2) is 42.5 Å². The fraction of sp³-hybridized carbons (Fsp3) is 0. The maximum absolute atomic E-state index is 13.4. The Bertz CT molecular complexity index is 688. The molecule has 102 valence electrons. The number of nitro groups is 1. The van der Waals surface area contributed by atoms with Crippen molar-refractivity contribution in [2.45, 2.75) is 0 Å². The van der Waals surface area contributed by atoms with Crippen LogP contribution in [0.1, 0.15) is 10.4 Å². The van der Waals surface area contributed by atoms with Crippen molar-refractivity contribution in [1.82, 2.24) is 0 Å². The minimum absolute atomic E-state index is 0.112. The lowest BCUT2D eigenvalue weighted by Gasteiger charge is -2.07. The van der Waals surface area contributed by atoms with Gasteiger partial charge in [0.15, 0.2) is 0 Å². The van der Waals surface area contributed by atoms with Crippen LogP contribution >= 0.6 is 0 Å². The first-order valence-electron chi connectivity index (χ1n) is 5.59. The summed E-state index contributed by atoms with van der Waals surface area (Å²) in [5.74, 6) is -1.54. The average molecular weight is 275 g/mol. The summed E-state index contributed by atoms with van der Waals surface area (Å²) in [6, 6.07) is 9.52. The molecule has 0 bridgehead atoms. The number of nitro benzene ring substituents is 1. The predicted molar refractivity (Wildman–Crippen MR) is 71.9 cm³/mol. The van der Waals surface area contributed by atoms with Crippen molar-refractivity contribution in [2.24, 2.45) is 0 Å². The van der Waals surface area contributed by atoms with Gasteiger partial charge in [0.25, 0.3) is 5.91 Å². The number of amides is 1. The van der Waals surface area contributed by atoms with Crippen LogP contribution in [0.4, 0.5) is 21.5 Å². The predicted octanol–water partition coefficient (Wildman–Crippen LogP) is 2.57. The van der Waals surface area contributed by atoms with E-state index in [1.54, 1.807) is 18.2 Å². The van der Waals surface area contributed by atoms with Gasteiger partial charge in [-0.3, -0.25) is 14.9 Å². The molecule has 2 rings (SSSR count). The molecule has 2 aromatic carbocycles. The van der Waals surface area contributed by atoms with Gasteiger partial charge in [-0.05, 0) is 18.2 Å². The van der Waals surface area contributed by atoms with Crippen LogP contribution in [0.25, 0.3) is 0 Å². The molecule has 7 heteroatoms. The van der Waals surface area contributed by atoms with Crippen molar-refractivity contribution in [3.05, 3.63) is 64.0 Å². The molecule has 0 aliphatic heterocycles. The third-order valence-electron chi connectivity index (χ3n) is 2.61. The maximum Gasteiger partial charge on any atom is 0.304 e. The Morgan fingerprint density at radius 2 is 1.95 bits per heavy atom. The van der Waals surface area contributed by atoms with E-state index in [0.717, 1.165) is 12.1 Å². The molecule has 0 spiro atoms. The highest BCUT2D eigenvalue weighted by molar-refractivity contribution is 6.07. The molecule has 0 aliphatic carbocycles. The van der Waals surface area contributed by atoms with E-state index in [1.807, 2.05) is 0 Å². The molecule has 0 atom stereocenters. The zero-order valence-corrected chi connectivity index (χ0v) is 10.2. The summed E-state index contributed by atoms with van der Waals surface area (Å²) in [7, 11) is 0. The number of carbonyl (C=O) groups is 1. The number of rotatable bonds is 3. The zero-order valence-electron chi connectivity index (χ0n) is 10.2. The fourth-order valence-electron chi connectivity index (χ4n) is 1.63. The largest absolute Gasteiger partial charge is 0.398 e. The van der Waals surface area contributed by atoms with Crippen molar-refractivity contribution in [2.75, 3.05) is 11.1 Å². The number of halogens is 1. The van der Waals surface area contributed by atoms with E-state index in [0.29, 0.717) is 0 Å². The van der Waals surface area contributed by atoms with E-state index in [4.69, 9.17) is 5.73 Å². The quantitative estimate of drug-likeness (QED) is 0.511. The number of para-hydroxylation sites is 1. The number of nitrogens with one attached hydrogen (secondary N) is 1. The standard InChI is InChI=1S/C13H10FN3O3/c14-10-7-8(5-6-12(10)17(19)20)16-13(18)9-3-1-2-4-11(9)15/h1-7H,15H2,(H,16,18). The van der Waals surface area contributed by atoms with Gasteiger partial charge in [-0.15, -0.1) is 0 Å². The third-order valence-corrected chi connectivity index (χ3v) is 2.61. The van der Waals surface area contributed by atoms with Crippen molar-refractivity contribution in [3.8, 4) is 0 Å². The smallest absolute Gasteiger partial charge is 0.304 e. The van der Waals surface area contributed by atoms with E-state index in [9.17, 15) is 19.3 Å². The van der Waals surface area contributed by atoms with Gasteiger partial charge in [-0.2, -0.15) is 4.39 Å². The van der Waals surface area contributed by atoms with Crippen LogP contribution in [-0.4, -0.2) is 10.8 Å². The molecule has 0 fully saturated rings. The van der Waals surface area contributed by atoms with Crippen LogP contribution in [0.3, 0.4) is 0 Å². The summed E-state index contributed by atoms with van der Waals surface area (Å²) in [4.78, 5) is 21.6. The van der Waals surface area contributed by atoms with Gasteiger partial charge in [0, 0.05) is 23.5 Å². The second-order valence-electron chi connectivity index (χ2n) is 3.96. The molecule has 0 heterocycles. The molecule has 20 heavy (non-hydrogen) atoms. The number of anilines is 2. The fourth-order valence-corrected chi connectivity index (χ4v) is 1.63. The number of hydrogen-bond donors (Lipinski definition) is 2. The number of benzene rings is 2. The Morgan fingerprint density at radius 3 is 2.55 bits per heavy atom. The van der Waals surface area contributed by atoms with Crippen LogP contribution in [0, 0.1) is 15.9 Å². The lowest BCUT2D eigenvalue weighted by atomic mass is 10.1. The topological polar surface area (TPSA) is 98.3 Å². The monoisotopic (exact) mass is 275 g/mol. The Kier molecular flexibility index (Phi) is 3.60. The molecule has 0 saturated carbocycles. The van der Waals surface area contributed by atoms with Gasteiger partial charge in [-0.25, -0.2) is 0 Å². The number of carbonyl (C=O) groups excluding carboxylic acids is 1. The summed E-state index contributed by atoms with van der Waals surface area (Å²) >= 11 is 0. The number of nitrogens with zero attached hydrogens (tertiary/aromatic N) is 1. The Labute approximate surface area is 113 Å². The molecule has 3 N–H and O–H groups in total. The van der Waals surface area contributed by atoms with Crippen LogP contribution in [0.5, 0.6) is 0 Å². The molecule has 0 aromatic heterocycles. The molecule has 0 unspecified atom stereocenters. The van der Waals surface area contributed by atoms with Gasteiger partial charge in [0.1, 0.15) is 0 Å². The van der Waals surface area contributed by atoms with Gasteiger partial charge in [0.05, 0.1) is 10.5 Å². The van der Waals surface area contributed by atoms with E-state index >= 15 is 0 Å². The molecule has 2 aromatic rings. The van der Waals surface area contributed by atoms with Crippen LogP contribution in [-0.2, 0) is 0 Å². The third kappa shape index (κ3) is 2.72. The first kappa shape index (κ1) is 13.5. The highest BCUT2D eigenvalue weighted by Crippen LogP contribution is 2.21. The second-order valence-corrected chi connectivity index (χ2v) is 3.96. The van der Waals surface area contributed by atoms with Gasteiger partial charge >= 0.3 is 5.69 Å². The van der Waals surface area contributed by atoms with E-state index in [2.05, 4.69) is 5.32 Å². The molecular weight excluding hydrogens is 265 g/mol. The molecule has 0 aliphatic rings. The SMILES string of the molecule is Nc1ccccc1C(=O)Nc1ccc([N+](=O)[O-])c(F)c1. The lowest BCUT2D eigenvalue weighted by molar-refractivity contribution is -0.387. The summed E-state index contributed by atoms with van der Waals surface area (Å²) in [6.07, 6.45) is 0. The van der Waals surface area contributed by atoms with E-state index < -0.39 is 22.3 Å². The van der Waals surface area contributed by atoms with Crippen molar-refractivity contribution in [3.63, 3.8) is 0 Å². The lowest BCUT2D eigenvalue weighted by Crippen LogP contribution is -2.14. The Hall–Kier alpha value is -2.96. The molecule has 0 radical (unpaired) electrons. The van der Waals surface area contributed by atoms with E-state index in [1.165, 1.54) is 12.1 Å². The average Bonchev–Trinajstić information content (AvgIpc) is 2.38. The van der Waals surface area contributed by atoms with Crippen molar-refractivity contribution >= 4 is 23.0 Å². The van der Waals surface area contributed by atoms with Crippen LogP contribution in [0.2, 0.25) is 0 Å². The normalized spacial score (nSPS) is 10.1. The van der Waals surface area contributed by atoms with Crippen LogP contribution < -0.4 is 11.1 Å². The van der Waals surface area contributed by atoms with Gasteiger partial charge < -0.3 is 11.1 Å². The van der Waals surface area contributed by atoms with Gasteiger partial charge in [-0.1, -0.05) is 12.1 Å². The summed E-state index contributed by atoms with van der Waals surface area (Å²) in [6.45, 7) is 0. The number of hydrogen-bond acceptors (Lipinski definition) is 4. The summed E-state index contributed by atoms with van der Waals surface area (Å²) < 4.78 is 13.4. The number of nitrogen functional groups attached to an aromatic ring is 1.